The van der Waals surface area contributed by atoms with Gasteiger partial charge in [-0.2, -0.15) is 5.10 Å². The number of nitrogens with zero attached hydrogens (tertiary/aromatic N) is 2. The molecule has 3 heterocycles. The van der Waals surface area contributed by atoms with Crippen LogP contribution in [0.5, 0.6) is 17.2 Å². The lowest BCUT2D eigenvalue weighted by Gasteiger charge is -2.21. The zero-order valence-electron chi connectivity index (χ0n) is 13.8. The summed E-state index contributed by atoms with van der Waals surface area (Å²) in [7, 11) is 0. The van der Waals surface area contributed by atoms with Crippen molar-refractivity contribution in [1.29, 1.82) is 0 Å². The van der Waals surface area contributed by atoms with Gasteiger partial charge in [-0.05, 0) is 37.3 Å². The molecule has 0 unspecified atom stereocenters. The van der Waals surface area contributed by atoms with Gasteiger partial charge in [0.05, 0.1) is 16.1 Å². The summed E-state index contributed by atoms with van der Waals surface area (Å²) in [5, 5.41) is 20.1. The molecule has 6 nitrogen and oxygen atoms in total. The molecule has 1 aliphatic rings. The lowest BCUT2D eigenvalue weighted by atomic mass is 9.99. The molecule has 0 saturated heterocycles. The molecule has 0 amide bonds. The third-order valence-corrected chi connectivity index (χ3v) is 4.88. The Morgan fingerprint density at radius 1 is 1.12 bits per heavy atom. The summed E-state index contributed by atoms with van der Waals surface area (Å²) in [6.07, 6.45) is 0. The second-order valence-corrected chi connectivity index (χ2v) is 6.59. The van der Waals surface area contributed by atoms with E-state index in [0.29, 0.717) is 30.4 Å². The van der Waals surface area contributed by atoms with Crippen LogP contribution in [-0.2, 0) is 0 Å². The standard InChI is InChI=1S/C19H14ClN3O3/c1-9-15-16-11(3-5-14-18(16)26-7-6-25-14)17(21-19(15)23-22-9)10-2-4-13(24)12(20)8-10/h2-5,8,24H,6-7H2,1H3,(H,21,22,23). The number of hydrogen-bond donors (Lipinski definition) is 2. The predicted octanol–water partition coefficient (Wildman–Crippen LogP) is 4.22. The quantitative estimate of drug-likeness (QED) is 0.526. The molecular formula is C19H14ClN3O3. The molecule has 0 saturated carbocycles. The normalized spacial score (nSPS) is 13.5. The summed E-state index contributed by atoms with van der Waals surface area (Å²) in [5.74, 6) is 1.45. The molecule has 2 N–H and O–H groups in total. The summed E-state index contributed by atoms with van der Waals surface area (Å²) in [6, 6.07) is 8.90. The van der Waals surface area contributed by atoms with Crippen LogP contribution < -0.4 is 9.47 Å². The van der Waals surface area contributed by atoms with Crippen LogP contribution in [0, 0.1) is 6.92 Å². The number of rotatable bonds is 1. The number of nitrogens with one attached hydrogen (secondary N) is 1. The van der Waals surface area contributed by atoms with E-state index in [1.54, 1.807) is 18.2 Å². The molecule has 2 aromatic carbocycles. The number of phenols is 1. The number of ether oxygens (including phenoxy) is 2. The van der Waals surface area contributed by atoms with E-state index in [4.69, 9.17) is 26.1 Å². The van der Waals surface area contributed by atoms with Gasteiger partial charge in [0.25, 0.3) is 0 Å². The second-order valence-electron chi connectivity index (χ2n) is 6.19. The molecule has 5 rings (SSSR count). The average molecular weight is 368 g/mol. The molecule has 4 aromatic rings. The van der Waals surface area contributed by atoms with Gasteiger partial charge >= 0.3 is 0 Å². The number of phenolic OH excluding ortho intramolecular Hbond substituents is 1. The molecule has 1 aliphatic heterocycles. The van der Waals surface area contributed by atoms with E-state index in [0.717, 1.165) is 33.1 Å². The Bertz CT molecular complexity index is 1190. The molecule has 2 aromatic heterocycles. The van der Waals surface area contributed by atoms with Crippen LogP contribution in [0.4, 0.5) is 0 Å². The average Bonchev–Trinajstić information content (AvgIpc) is 3.04. The lowest BCUT2D eigenvalue weighted by molar-refractivity contribution is 0.174. The van der Waals surface area contributed by atoms with Crippen molar-refractivity contribution >= 4 is 33.4 Å². The van der Waals surface area contributed by atoms with Crippen molar-refractivity contribution in [3.05, 3.63) is 41.0 Å². The van der Waals surface area contributed by atoms with E-state index in [1.807, 2.05) is 19.1 Å². The lowest BCUT2D eigenvalue weighted by Crippen LogP contribution is -2.15. The van der Waals surface area contributed by atoms with Crippen LogP contribution >= 0.6 is 11.6 Å². The Morgan fingerprint density at radius 2 is 1.96 bits per heavy atom. The van der Waals surface area contributed by atoms with E-state index in [1.165, 1.54) is 0 Å². The minimum atomic E-state index is 0.0329. The van der Waals surface area contributed by atoms with Gasteiger partial charge in [-0.1, -0.05) is 11.6 Å². The highest BCUT2D eigenvalue weighted by Crippen LogP contribution is 2.44. The number of benzene rings is 2. The Hall–Kier alpha value is -2.99. The van der Waals surface area contributed by atoms with Crippen molar-refractivity contribution in [2.75, 3.05) is 13.2 Å². The van der Waals surface area contributed by atoms with Crippen molar-refractivity contribution in [3.8, 4) is 28.5 Å². The first-order valence-corrected chi connectivity index (χ1v) is 8.57. The fourth-order valence-corrected chi connectivity index (χ4v) is 3.58. The smallest absolute Gasteiger partial charge is 0.182 e. The Kier molecular flexibility index (Phi) is 3.24. The topological polar surface area (TPSA) is 80.3 Å². The maximum Gasteiger partial charge on any atom is 0.182 e. The molecule has 0 radical (unpaired) electrons. The molecule has 0 fully saturated rings. The van der Waals surface area contributed by atoms with Gasteiger partial charge in [0.2, 0.25) is 0 Å². The van der Waals surface area contributed by atoms with Gasteiger partial charge in [-0.3, -0.25) is 5.10 Å². The number of aromatic nitrogens is 3. The maximum atomic E-state index is 9.73. The number of hydrogen-bond acceptors (Lipinski definition) is 5. The van der Waals surface area contributed by atoms with Crippen molar-refractivity contribution in [1.82, 2.24) is 15.2 Å². The number of aromatic amines is 1. The van der Waals surface area contributed by atoms with Crippen LogP contribution in [0.3, 0.4) is 0 Å². The number of aromatic hydroxyl groups is 1. The predicted molar refractivity (Wildman–Crippen MR) is 99.2 cm³/mol. The molecule has 7 heteroatoms. The van der Waals surface area contributed by atoms with E-state index < -0.39 is 0 Å². The SMILES string of the molecule is Cc1[nH]nc2nc(-c3ccc(O)c(Cl)c3)c3ccc4c(c3c12)OCCO4. The molecule has 0 atom stereocenters. The van der Waals surface area contributed by atoms with Gasteiger partial charge in [-0.15, -0.1) is 0 Å². The molecule has 0 bridgehead atoms. The second kappa shape index (κ2) is 5.51. The van der Waals surface area contributed by atoms with Gasteiger partial charge in [0, 0.05) is 22.0 Å². The Labute approximate surface area is 153 Å². The van der Waals surface area contributed by atoms with E-state index in [9.17, 15) is 5.11 Å². The largest absolute Gasteiger partial charge is 0.506 e. The first-order valence-electron chi connectivity index (χ1n) is 8.19. The Morgan fingerprint density at radius 3 is 2.81 bits per heavy atom. The monoisotopic (exact) mass is 367 g/mol. The first kappa shape index (κ1) is 15.3. The highest BCUT2D eigenvalue weighted by Gasteiger charge is 2.22. The Balaban J connectivity index is 1.93. The van der Waals surface area contributed by atoms with Crippen molar-refractivity contribution < 1.29 is 14.6 Å². The number of H-pyrrole nitrogens is 1. The van der Waals surface area contributed by atoms with Gasteiger partial charge in [0.1, 0.15) is 19.0 Å². The fourth-order valence-electron chi connectivity index (χ4n) is 3.40. The van der Waals surface area contributed by atoms with Crippen molar-refractivity contribution in [2.24, 2.45) is 0 Å². The molecule has 0 spiro atoms. The highest BCUT2D eigenvalue weighted by atomic mass is 35.5. The van der Waals surface area contributed by atoms with E-state index in [-0.39, 0.29) is 10.8 Å². The number of halogens is 1. The van der Waals surface area contributed by atoms with Gasteiger partial charge < -0.3 is 14.6 Å². The number of aryl methyl sites for hydroxylation is 1. The third-order valence-electron chi connectivity index (χ3n) is 4.58. The minimum Gasteiger partial charge on any atom is -0.506 e. The van der Waals surface area contributed by atoms with Crippen molar-refractivity contribution in [2.45, 2.75) is 6.92 Å². The van der Waals surface area contributed by atoms with E-state index >= 15 is 0 Å². The number of fused-ring (bicyclic) bond motifs is 5. The highest BCUT2D eigenvalue weighted by molar-refractivity contribution is 6.32. The summed E-state index contributed by atoms with van der Waals surface area (Å²) in [4.78, 5) is 4.74. The van der Waals surface area contributed by atoms with E-state index in [2.05, 4.69) is 10.2 Å². The fraction of sp³-hybridized carbons (Fsp3) is 0.158. The molecular weight excluding hydrogens is 354 g/mol. The first-order chi connectivity index (χ1) is 12.6. The van der Waals surface area contributed by atoms with Gasteiger partial charge in [-0.25, -0.2) is 4.98 Å². The van der Waals surface area contributed by atoms with Crippen LogP contribution in [0.2, 0.25) is 5.02 Å². The summed E-state index contributed by atoms with van der Waals surface area (Å²) >= 11 is 6.11. The maximum absolute atomic E-state index is 9.73. The molecule has 0 aliphatic carbocycles. The molecule has 130 valence electrons. The van der Waals surface area contributed by atoms with Crippen LogP contribution in [0.1, 0.15) is 5.69 Å². The summed E-state index contributed by atoms with van der Waals surface area (Å²) in [6.45, 7) is 2.97. The number of pyridine rings is 1. The minimum absolute atomic E-state index is 0.0329. The van der Waals surface area contributed by atoms with Crippen LogP contribution in [0.15, 0.2) is 30.3 Å². The zero-order valence-corrected chi connectivity index (χ0v) is 14.6. The van der Waals surface area contributed by atoms with Crippen LogP contribution in [-0.4, -0.2) is 33.5 Å². The third kappa shape index (κ3) is 2.12. The summed E-state index contributed by atoms with van der Waals surface area (Å²) < 4.78 is 11.7. The van der Waals surface area contributed by atoms with Crippen LogP contribution in [0.25, 0.3) is 33.1 Å². The zero-order chi connectivity index (χ0) is 17.8. The van der Waals surface area contributed by atoms with Crippen molar-refractivity contribution in [3.63, 3.8) is 0 Å². The van der Waals surface area contributed by atoms with Gasteiger partial charge in [0.15, 0.2) is 17.1 Å². The summed E-state index contributed by atoms with van der Waals surface area (Å²) in [5.41, 5.74) is 3.02. The molecule has 26 heavy (non-hydrogen) atoms.